The van der Waals surface area contributed by atoms with Crippen LogP contribution in [-0.2, 0) is 12.0 Å². The van der Waals surface area contributed by atoms with Gasteiger partial charge in [0.25, 0.3) is 0 Å². The van der Waals surface area contributed by atoms with E-state index >= 15 is 0 Å². The van der Waals surface area contributed by atoms with E-state index < -0.39 is 5.60 Å². The summed E-state index contributed by atoms with van der Waals surface area (Å²) >= 11 is 8.21. The summed E-state index contributed by atoms with van der Waals surface area (Å²) in [4.78, 5) is 0. The fourth-order valence-electron chi connectivity index (χ4n) is 1.96. The number of halogens is 2. The van der Waals surface area contributed by atoms with Gasteiger partial charge in [-0.05, 0) is 64.9 Å². The standard InChI is InChI=1S/C15H14ClIO/c1-15(18,12-5-7-14(17)8-6-12)10-11-3-2-4-13(16)9-11/h2-9,18H,10H2,1H3. The maximum Gasteiger partial charge on any atom is 0.0908 e. The van der Waals surface area contributed by atoms with Gasteiger partial charge in [0.1, 0.15) is 0 Å². The third-order valence-electron chi connectivity index (χ3n) is 2.90. The predicted molar refractivity (Wildman–Crippen MR) is 83.9 cm³/mol. The molecule has 0 radical (unpaired) electrons. The van der Waals surface area contributed by atoms with Gasteiger partial charge >= 0.3 is 0 Å². The molecule has 0 bridgehead atoms. The zero-order valence-electron chi connectivity index (χ0n) is 10.0. The maximum atomic E-state index is 10.6. The zero-order chi connectivity index (χ0) is 13.2. The topological polar surface area (TPSA) is 20.2 Å². The van der Waals surface area contributed by atoms with Crippen LogP contribution in [0.2, 0.25) is 5.02 Å². The van der Waals surface area contributed by atoms with Crippen molar-refractivity contribution in [1.82, 2.24) is 0 Å². The van der Waals surface area contributed by atoms with Crippen LogP contribution in [-0.4, -0.2) is 5.11 Å². The van der Waals surface area contributed by atoms with E-state index in [0.29, 0.717) is 11.4 Å². The van der Waals surface area contributed by atoms with Crippen molar-refractivity contribution in [2.75, 3.05) is 0 Å². The zero-order valence-corrected chi connectivity index (χ0v) is 12.9. The number of hydrogen-bond acceptors (Lipinski definition) is 1. The smallest absolute Gasteiger partial charge is 0.0908 e. The first-order valence-corrected chi connectivity index (χ1v) is 7.16. The molecule has 0 saturated heterocycles. The van der Waals surface area contributed by atoms with Gasteiger partial charge in [-0.2, -0.15) is 0 Å². The van der Waals surface area contributed by atoms with E-state index in [2.05, 4.69) is 22.6 Å². The molecular formula is C15H14ClIO. The molecule has 2 aromatic rings. The summed E-state index contributed by atoms with van der Waals surface area (Å²) in [5, 5.41) is 11.3. The fraction of sp³-hybridized carbons (Fsp3) is 0.200. The third kappa shape index (κ3) is 3.46. The van der Waals surface area contributed by atoms with E-state index in [1.54, 1.807) is 0 Å². The van der Waals surface area contributed by atoms with Crippen molar-refractivity contribution in [1.29, 1.82) is 0 Å². The monoisotopic (exact) mass is 372 g/mol. The number of hydrogen-bond donors (Lipinski definition) is 1. The lowest BCUT2D eigenvalue weighted by Gasteiger charge is -2.24. The predicted octanol–water partition coefficient (Wildman–Crippen LogP) is 4.39. The van der Waals surface area contributed by atoms with Gasteiger partial charge in [0.2, 0.25) is 0 Å². The van der Waals surface area contributed by atoms with Crippen LogP contribution in [0.5, 0.6) is 0 Å². The Hall–Kier alpha value is -0.580. The molecule has 0 aliphatic heterocycles. The second-order valence-electron chi connectivity index (χ2n) is 4.59. The summed E-state index contributed by atoms with van der Waals surface area (Å²) in [5.74, 6) is 0. The van der Waals surface area contributed by atoms with Crippen LogP contribution in [0.25, 0.3) is 0 Å². The van der Waals surface area contributed by atoms with Crippen LogP contribution >= 0.6 is 34.2 Å². The molecule has 1 N–H and O–H groups in total. The first kappa shape index (κ1) is 13.8. The highest BCUT2D eigenvalue weighted by atomic mass is 127. The Balaban J connectivity index is 2.23. The Morgan fingerprint density at radius 1 is 1.17 bits per heavy atom. The second-order valence-corrected chi connectivity index (χ2v) is 6.27. The summed E-state index contributed by atoms with van der Waals surface area (Å²) in [7, 11) is 0. The molecule has 3 heteroatoms. The molecule has 0 fully saturated rings. The van der Waals surface area contributed by atoms with Crippen molar-refractivity contribution in [2.24, 2.45) is 0 Å². The minimum atomic E-state index is -0.880. The van der Waals surface area contributed by atoms with Gasteiger partial charge in [-0.15, -0.1) is 0 Å². The highest BCUT2D eigenvalue weighted by Crippen LogP contribution is 2.26. The molecule has 1 unspecified atom stereocenters. The molecule has 2 aromatic carbocycles. The molecule has 0 aliphatic carbocycles. The van der Waals surface area contributed by atoms with Crippen molar-refractivity contribution in [3.05, 3.63) is 68.3 Å². The number of benzene rings is 2. The lowest BCUT2D eigenvalue weighted by atomic mass is 9.89. The van der Waals surface area contributed by atoms with Gasteiger partial charge in [0.05, 0.1) is 5.60 Å². The third-order valence-corrected chi connectivity index (χ3v) is 3.86. The molecule has 0 amide bonds. The normalized spacial score (nSPS) is 14.2. The Labute approximate surface area is 126 Å². The van der Waals surface area contributed by atoms with E-state index in [1.165, 1.54) is 0 Å². The first-order chi connectivity index (χ1) is 8.47. The van der Waals surface area contributed by atoms with Gasteiger partial charge in [0.15, 0.2) is 0 Å². The van der Waals surface area contributed by atoms with Crippen molar-refractivity contribution in [3.63, 3.8) is 0 Å². The molecule has 1 atom stereocenters. The van der Waals surface area contributed by atoms with Crippen molar-refractivity contribution >= 4 is 34.2 Å². The van der Waals surface area contributed by atoms with Crippen LogP contribution in [0.1, 0.15) is 18.1 Å². The van der Waals surface area contributed by atoms with E-state index in [4.69, 9.17) is 11.6 Å². The van der Waals surface area contributed by atoms with E-state index in [1.807, 2.05) is 55.5 Å². The van der Waals surface area contributed by atoms with Crippen LogP contribution in [0, 0.1) is 3.57 Å². The minimum Gasteiger partial charge on any atom is -0.385 e. The van der Waals surface area contributed by atoms with E-state index in [9.17, 15) is 5.11 Å². The van der Waals surface area contributed by atoms with Gasteiger partial charge in [-0.3, -0.25) is 0 Å². The minimum absolute atomic E-state index is 0.550. The first-order valence-electron chi connectivity index (χ1n) is 5.70. The largest absolute Gasteiger partial charge is 0.385 e. The quantitative estimate of drug-likeness (QED) is 0.792. The molecule has 18 heavy (non-hydrogen) atoms. The average Bonchev–Trinajstić information content (AvgIpc) is 2.29. The van der Waals surface area contributed by atoms with Gasteiger partial charge in [0, 0.05) is 15.0 Å². The summed E-state index contributed by atoms with van der Waals surface area (Å²) < 4.78 is 1.16. The average molecular weight is 373 g/mol. The Kier molecular flexibility index (Phi) is 4.30. The van der Waals surface area contributed by atoms with Crippen molar-refractivity contribution < 1.29 is 5.11 Å². The Bertz CT molecular complexity index is 534. The van der Waals surface area contributed by atoms with Gasteiger partial charge < -0.3 is 5.11 Å². The molecular weight excluding hydrogens is 359 g/mol. The molecule has 0 aliphatic rings. The molecule has 0 aromatic heterocycles. The second kappa shape index (κ2) is 5.59. The Morgan fingerprint density at radius 3 is 2.44 bits per heavy atom. The van der Waals surface area contributed by atoms with E-state index in [0.717, 1.165) is 14.7 Å². The number of rotatable bonds is 3. The van der Waals surface area contributed by atoms with Crippen LogP contribution in [0.3, 0.4) is 0 Å². The van der Waals surface area contributed by atoms with Gasteiger partial charge in [-0.1, -0.05) is 35.9 Å². The SMILES string of the molecule is CC(O)(Cc1cccc(Cl)c1)c1ccc(I)cc1. The lowest BCUT2D eigenvalue weighted by Crippen LogP contribution is -2.24. The molecule has 0 saturated carbocycles. The maximum absolute atomic E-state index is 10.6. The summed E-state index contributed by atoms with van der Waals surface area (Å²) in [6.07, 6.45) is 0.550. The van der Waals surface area contributed by atoms with Crippen LogP contribution in [0.15, 0.2) is 48.5 Å². The highest BCUT2D eigenvalue weighted by molar-refractivity contribution is 14.1. The number of aliphatic hydroxyl groups is 1. The lowest BCUT2D eigenvalue weighted by molar-refractivity contribution is 0.0576. The molecule has 94 valence electrons. The van der Waals surface area contributed by atoms with Crippen molar-refractivity contribution in [3.8, 4) is 0 Å². The molecule has 2 rings (SSSR count). The summed E-state index contributed by atoms with van der Waals surface area (Å²) in [6.45, 7) is 1.83. The summed E-state index contributed by atoms with van der Waals surface area (Å²) in [5.41, 5.74) is 1.07. The van der Waals surface area contributed by atoms with Crippen molar-refractivity contribution in [2.45, 2.75) is 18.9 Å². The van der Waals surface area contributed by atoms with Crippen LogP contribution in [0.4, 0.5) is 0 Å². The van der Waals surface area contributed by atoms with E-state index in [-0.39, 0.29) is 0 Å². The summed E-state index contributed by atoms with van der Waals surface area (Å²) in [6, 6.07) is 15.5. The van der Waals surface area contributed by atoms with Crippen LogP contribution < -0.4 is 0 Å². The highest BCUT2D eigenvalue weighted by Gasteiger charge is 2.23. The van der Waals surface area contributed by atoms with Gasteiger partial charge in [-0.25, -0.2) is 0 Å². The molecule has 1 nitrogen and oxygen atoms in total. The molecule has 0 spiro atoms. The fourth-order valence-corrected chi connectivity index (χ4v) is 2.53. The molecule has 0 heterocycles. The Morgan fingerprint density at radius 2 is 1.83 bits per heavy atom.